The lowest BCUT2D eigenvalue weighted by molar-refractivity contribution is -0.104. The van der Waals surface area contributed by atoms with E-state index in [0.717, 1.165) is 6.21 Å². The van der Waals surface area contributed by atoms with Gasteiger partial charge in [-0.05, 0) is 13.8 Å². The molecule has 0 bridgehead atoms. The molecular formula is C10H21NO6. The Labute approximate surface area is 100 Å². The summed E-state index contributed by atoms with van der Waals surface area (Å²) in [5.74, 6) is 0. The topological polar surface area (TPSA) is 112 Å². The van der Waals surface area contributed by atoms with Gasteiger partial charge in [0.15, 0.2) is 0 Å². The van der Waals surface area contributed by atoms with Crippen molar-refractivity contribution in [3.05, 3.63) is 0 Å². The second-order valence-corrected chi connectivity index (χ2v) is 3.90. The third kappa shape index (κ3) is 6.54. The average molecular weight is 251 g/mol. The molecule has 17 heavy (non-hydrogen) atoms. The van der Waals surface area contributed by atoms with Crippen molar-refractivity contribution >= 4 is 6.21 Å². The Morgan fingerprint density at radius 1 is 1.12 bits per heavy atom. The highest BCUT2D eigenvalue weighted by Crippen LogP contribution is 2.04. The molecule has 102 valence electrons. The first-order valence-electron chi connectivity index (χ1n) is 5.30. The molecular weight excluding hydrogens is 230 g/mol. The molecule has 0 aromatic rings. The lowest BCUT2D eigenvalue weighted by Gasteiger charge is -2.24. The van der Waals surface area contributed by atoms with Gasteiger partial charge in [0, 0.05) is 7.11 Å². The first-order chi connectivity index (χ1) is 7.90. The average Bonchev–Trinajstić information content (AvgIpc) is 2.26. The van der Waals surface area contributed by atoms with Gasteiger partial charge in [0.1, 0.15) is 30.5 Å². The van der Waals surface area contributed by atoms with Crippen LogP contribution in [0.4, 0.5) is 0 Å². The van der Waals surface area contributed by atoms with Crippen molar-refractivity contribution < 1.29 is 30.0 Å². The van der Waals surface area contributed by atoms with Gasteiger partial charge in [-0.15, -0.1) is 0 Å². The number of aliphatic hydroxyl groups is 4. The van der Waals surface area contributed by atoms with Crippen LogP contribution in [-0.2, 0) is 9.57 Å². The minimum absolute atomic E-state index is 0.148. The number of oxime groups is 1. The molecule has 0 rings (SSSR count). The van der Waals surface area contributed by atoms with Crippen molar-refractivity contribution in [2.24, 2.45) is 5.16 Å². The summed E-state index contributed by atoms with van der Waals surface area (Å²) in [6.07, 6.45) is -5.03. The van der Waals surface area contributed by atoms with Crippen LogP contribution in [0, 0.1) is 0 Å². The molecule has 0 spiro atoms. The fraction of sp³-hybridized carbons (Fsp3) is 0.900. The van der Waals surface area contributed by atoms with Crippen LogP contribution in [0.3, 0.4) is 0 Å². The summed E-state index contributed by atoms with van der Waals surface area (Å²) >= 11 is 0. The highest BCUT2D eigenvalue weighted by Gasteiger charge is 2.29. The van der Waals surface area contributed by atoms with E-state index in [2.05, 4.69) is 9.89 Å². The first-order valence-corrected chi connectivity index (χ1v) is 5.30. The van der Waals surface area contributed by atoms with E-state index in [1.807, 2.05) is 0 Å². The molecule has 0 aromatic carbocycles. The highest BCUT2D eigenvalue weighted by atomic mass is 16.6. The van der Waals surface area contributed by atoms with Crippen LogP contribution in [0.1, 0.15) is 13.8 Å². The molecule has 0 saturated carbocycles. The molecule has 0 heterocycles. The summed E-state index contributed by atoms with van der Waals surface area (Å²) in [7, 11) is 1.34. The van der Waals surface area contributed by atoms with Crippen LogP contribution in [0.2, 0.25) is 0 Å². The number of hydrogen-bond donors (Lipinski definition) is 4. The van der Waals surface area contributed by atoms with E-state index in [1.165, 1.54) is 7.11 Å². The molecule has 7 nitrogen and oxygen atoms in total. The van der Waals surface area contributed by atoms with Crippen molar-refractivity contribution in [3.63, 3.8) is 0 Å². The maximum atomic E-state index is 9.49. The van der Waals surface area contributed by atoms with E-state index in [-0.39, 0.29) is 12.7 Å². The maximum Gasteiger partial charge on any atom is 0.122 e. The Bertz CT molecular complexity index is 223. The molecule has 7 heteroatoms. The van der Waals surface area contributed by atoms with Crippen LogP contribution in [-0.4, -0.2) is 70.9 Å². The Kier molecular flexibility index (Phi) is 8.01. The number of aliphatic hydroxyl groups excluding tert-OH is 4. The van der Waals surface area contributed by atoms with Crippen LogP contribution >= 0.6 is 0 Å². The largest absolute Gasteiger partial charge is 0.393 e. The van der Waals surface area contributed by atoms with E-state index < -0.39 is 24.4 Å². The molecule has 0 amide bonds. The van der Waals surface area contributed by atoms with E-state index in [0.29, 0.717) is 0 Å². The Morgan fingerprint density at radius 3 is 2.18 bits per heavy atom. The van der Waals surface area contributed by atoms with Gasteiger partial charge in [0.25, 0.3) is 0 Å². The molecule has 0 aliphatic carbocycles. The van der Waals surface area contributed by atoms with Crippen molar-refractivity contribution in [2.75, 3.05) is 13.7 Å². The Hall–Kier alpha value is -0.730. The second-order valence-electron chi connectivity index (χ2n) is 3.90. The number of ether oxygens (including phenoxy) is 1. The predicted molar refractivity (Wildman–Crippen MR) is 60.6 cm³/mol. The van der Waals surface area contributed by atoms with Gasteiger partial charge < -0.3 is 30.0 Å². The normalized spacial score (nSPS) is 19.3. The van der Waals surface area contributed by atoms with E-state index in [1.54, 1.807) is 13.8 Å². The number of rotatable bonds is 8. The highest BCUT2D eigenvalue weighted by molar-refractivity contribution is 5.63. The molecule has 4 N–H and O–H groups in total. The third-order valence-electron chi connectivity index (χ3n) is 1.92. The minimum Gasteiger partial charge on any atom is -0.393 e. The third-order valence-corrected chi connectivity index (χ3v) is 1.92. The van der Waals surface area contributed by atoms with E-state index in [4.69, 9.17) is 4.84 Å². The van der Waals surface area contributed by atoms with E-state index >= 15 is 0 Å². The fourth-order valence-electron chi connectivity index (χ4n) is 1.01. The van der Waals surface area contributed by atoms with Gasteiger partial charge in [-0.2, -0.15) is 0 Å². The van der Waals surface area contributed by atoms with Crippen LogP contribution in [0.5, 0.6) is 0 Å². The smallest absolute Gasteiger partial charge is 0.122 e. The van der Waals surface area contributed by atoms with Gasteiger partial charge >= 0.3 is 0 Å². The number of hydrogen-bond acceptors (Lipinski definition) is 7. The Balaban J connectivity index is 4.18. The van der Waals surface area contributed by atoms with Crippen LogP contribution in [0.25, 0.3) is 0 Å². The van der Waals surface area contributed by atoms with Gasteiger partial charge in [0.2, 0.25) is 0 Å². The van der Waals surface area contributed by atoms with Gasteiger partial charge in [-0.25, -0.2) is 0 Å². The first kappa shape index (κ1) is 16.3. The number of nitrogens with zero attached hydrogens (tertiary/aromatic N) is 1. The van der Waals surface area contributed by atoms with Gasteiger partial charge in [-0.1, -0.05) is 5.16 Å². The molecule has 0 saturated heterocycles. The zero-order chi connectivity index (χ0) is 13.4. The SMILES string of the molecule is COCC(O)C(O)C(O)C(O)/C=N\OC(C)C. The zero-order valence-electron chi connectivity index (χ0n) is 10.2. The van der Waals surface area contributed by atoms with Crippen molar-refractivity contribution in [2.45, 2.75) is 44.4 Å². The predicted octanol–water partition coefficient (Wildman–Crippen LogP) is -1.51. The van der Waals surface area contributed by atoms with Gasteiger partial charge in [-0.3, -0.25) is 0 Å². The van der Waals surface area contributed by atoms with Crippen molar-refractivity contribution in [3.8, 4) is 0 Å². The lowest BCUT2D eigenvalue weighted by atomic mass is 10.0. The minimum atomic E-state index is -1.57. The molecule has 0 fully saturated rings. The standard InChI is InChI=1S/C10H21NO6/c1-6(2)17-11-4-7(12)9(14)10(15)8(13)5-16-3/h4,6-10,12-15H,5H2,1-3H3/b11-4-. The summed E-state index contributed by atoms with van der Waals surface area (Å²) in [6.45, 7) is 3.35. The molecule has 0 aliphatic rings. The van der Waals surface area contributed by atoms with Crippen LogP contribution < -0.4 is 0 Å². The lowest BCUT2D eigenvalue weighted by Crippen LogP contribution is -2.46. The van der Waals surface area contributed by atoms with Crippen LogP contribution in [0.15, 0.2) is 5.16 Å². The van der Waals surface area contributed by atoms with Crippen molar-refractivity contribution in [1.29, 1.82) is 0 Å². The second kappa shape index (κ2) is 8.37. The molecule has 0 aliphatic heterocycles. The molecule has 4 unspecified atom stereocenters. The molecule has 0 aromatic heterocycles. The Morgan fingerprint density at radius 2 is 1.71 bits per heavy atom. The summed E-state index contributed by atoms with van der Waals surface area (Å²) in [5.41, 5.74) is 0. The monoisotopic (exact) mass is 251 g/mol. The summed E-state index contributed by atoms with van der Waals surface area (Å²) < 4.78 is 4.61. The van der Waals surface area contributed by atoms with Gasteiger partial charge in [0.05, 0.1) is 12.8 Å². The molecule has 0 radical (unpaired) electrons. The summed E-state index contributed by atoms with van der Waals surface area (Å²) in [6, 6.07) is 0. The maximum absolute atomic E-state index is 9.49. The molecule has 4 atom stereocenters. The van der Waals surface area contributed by atoms with E-state index in [9.17, 15) is 20.4 Å². The zero-order valence-corrected chi connectivity index (χ0v) is 10.2. The fourth-order valence-corrected chi connectivity index (χ4v) is 1.01. The number of methoxy groups -OCH3 is 1. The quantitative estimate of drug-likeness (QED) is 0.308. The summed E-state index contributed by atoms with van der Waals surface area (Å²) in [4.78, 5) is 4.78. The summed E-state index contributed by atoms with van der Waals surface area (Å²) in [5, 5.41) is 41.1. The van der Waals surface area contributed by atoms with Crippen molar-refractivity contribution in [1.82, 2.24) is 0 Å².